The Morgan fingerprint density at radius 3 is 2.90 bits per heavy atom. The second-order valence-electron chi connectivity index (χ2n) is 4.57. The number of rotatable bonds is 5. The molecule has 0 spiro atoms. The van der Waals surface area contributed by atoms with Crippen LogP contribution in [0.1, 0.15) is 0 Å². The number of carbonyl (C=O) groups excluding carboxylic acids is 2. The van der Waals surface area contributed by atoms with Gasteiger partial charge in [0.25, 0.3) is 0 Å². The Labute approximate surface area is 121 Å². The van der Waals surface area contributed by atoms with Crippen molar-refractivity contribution in [3.8, 4) is 6.01 Å². The predicted octanol–water partition coefficient (Wildman–Crippen LogP) is -0.0581. The lowest BCUT2D eigenvalue weighted by atomic mass is 10.4. The fourth-order valence-corrected chi connectivity index (χ4v) is 1.82. The van der Waals surface area contributed by atoms with Crippen LogP contribution >= 0.6 is 0 Å². The molecule has 114 valence electrons. The Hall–Kier alpha value is -2.58. The lowest BCUT2D eigenvalue weighted by Crippen LogP contribution is -2.34. The van der Waals surface area contributed by atoms with E-state index in [2.05, 4.69) is 15.3 Å². The molecular formula is C12H17N5O4. The summed E-state index contributed by atoms with van der Waals surface area (Å²) in [7, 11) is 5.04. The first-order chi connectivity index (χ1) is 10.0. The van der Waals surface area contributed by atoms with E-state index >= 15 is 0 Å². The van der Waals surface area contributed by atoms with Gasteiger partial charge in [-0.2, -0.15) is 4.98 Å². The van der Waals surface area contributed by atoms with Gasteiger partial charge >= 0.3 is 12.1 Å². The lowest BCUT2D eigenvalue weighted by Gasteiger charge is -2.18. The van der Waals surface area contributed by atoms with Crippen molar-refractivity contribution in [2.24, 2.45) is 0 Å². The first kappa shape index (κ1) is 14.8. The first-order valence-corrected chi connectivity index (χ1v) is 6.31. The second-order valence-corrected chi connectivity index (χ2v) is 4.57. The Morgan fingerprint density at radius 1 is 1.57 bits per heavy atom. The predicted molar refractivity (Wildman–Crippen MR) is 74.5 cm³/mol. The van der Waals surface area contributed by atoms with Crippen LogP contribution in [0.5, 0.6) is 6.01 Å². The largest absolute Gasteiger partial charge is 0.467 e. The quantitative estimate of drug-likeness (QED) is 0.812. The van der Waals surface area contributed by atoms with Crippen molar-refractivity contribution in [2.45, 2.75) is 0 Å². The molecule has 1 saturated heterocycles. The van der Waals surface area contributed by atoms with Crippen molar-refractivity contribution < 1.29 is 19.1 Å². The van der Waals surface area contributed by atoms with E-state index in [0.29, 0.717) is 24.7 Å². The van der Waals surface area contributed by atoms with Gasteiger partial charge in [0.05, 0.1) is 19.9 Å². The van der Waals surface area contributed by atoms with E-state index < -0.39 is 6.09 Å². The van der Waals surface area contributed by atoms with Crippen molar-refractivity contribution >= 4 is 23.5 Å². The molecule has 1 N–H and O–H groups in total. The van der Waals surface area contributed by atoms with Gasteiger partial charge in [-0.1, -0.05) is 0 Å². The maximum absolute atomic E-state index is 12.0. The number of nitrogens with one attached hydrogen (secondary N) is 1. The highest BCUT2D eigenvalue weighted by Gasteiger charge is 2.24. The van der Waals surface area contributed by atoms with Gasteiger partial charge in [0.1, 0.15) is 18.8 Å². The number of cyclic esters (lactones) is 1. The van der Waals surface area contributed by atoms with E-state index in [1.165, 1.54) is 18.2 Å². The highest BCUT2D eigenvalue weighted by atomic mass is 16.6. The van der Waals surface area contributed by atoms with Crippen LogP contribution in [0.25, 0.3) is 0 Å². The van der Waals surface area contributed by atoms with Crippen molar-refractivity contribution in [3.63, 3.8) is 0 Å². The number of hydrogen-bond acceptors (Lipinski definition) is 7. The molecule has 2 amide bonds. The van der Waals surface area contributed by atoms with Crippen molar-refractivity contribution in [3.05, 3.63) is 6.20 Å². The number of carbonyl (C=O) groups is 2. The van der Waals surface area contributed by atoms with Gasteiger partial charge in [0.15, 0.2) is 5.82 Å². The van der Waals surface area contributed by atoms with E-state index in [1.54, 1.807) is 19.0 Å². The summed E-state index contributed by atoms with van der Waals surface area (Å²) in [5.41, 5.74) is 0.443. The zero-order valence-corrected chi connectivity index (χ0v) is 12.1. The molecule has 1 aliphatic rings. The van der Waals surface area contributed by atoms with Crippen LogP contribution in [-0.4, -0.2) is 67.8 Å². The summed E-state index contributed by atoms with van der Waals surface area (Å²) in [5.74, 6) is 0.171. The maximum atomic E-state index is 12.0. The number of hydrogen-bond donors (Lipinski definition) is 1. The fourth-order valence-electron chi connectivity index (χ4n) is 1.82. The lowest BCUT2D eigenvalue weighted by molar-refractivity contribution is -0.116. The second kappa shape index (κ2) is 6.25. The standard InChI is InChI=1S/C12H17N5O4/c1-16(2)10-8(6-13-11(15-10)20-3)14-9(18)7-17-4-5-21-12(17)19/h6H,4-5,7H2,1-3H3,(H,14,18). The molecule has 1 aromatic rings. The minimum atomic E-state index is -0.482. The van der Waals surface area contributed by atoms with Gasteiger partial charge in [-0.05, 0) is 0 Å². The molecule has 1 aromatic heterocycles. The number of methoxy groups -OCH3 is 1. The summed E-state index contributed by atoms with van der Waals surface area (Å²) in [6, 6.07) is 0.208. The van der Waals surface area contributed by atoms with Gasteiger partial charge < -0.3 is 19.7 Å². The van der Waals surface area contributed by atoms with Crippen LogP contribution in [0, 0.1) is 0 Å². The number of nitrogens with zero attached hydrogens (tertiary/aromatic N) is 4. The molecule has 2 rings (SSSR count). The molecule has 9 nitrogen and oxygen atoms in total. The number of ether oxygens (including phenoxy) is 2. The topological polar surface area (TPSA) is 96.9 Å². The molecule has 9 heteroatoms. The third-order valence-electron chi connectivity index (χ3n) is 2.81. The molecule has 21 heavy (non-hydrogen) atoms. The van der Waals surface area contributed by atoms with Crippen molar-refractivity contribution in [2.75, 3.05) is 51.1 Å². The molecule has 0 saturated carbocycles. The summed E-state index contributed by atoms with van der Waals surface area (Å²) in [4.78, 5) is 34.5. The molecule has 0 aromatic carbocycles. The molecule has 0 radical (unpaired) electrons. The first-order valence-electron chi connectivity index (χ1n) is 6.31. The third-order valence-corrected chi connectivity index (χ3v) is 2.81. The van der Waals surface area contributed by atoms with E-state index in [-0.39, 0.29) is 18.5 Å². The average molecular weight is 295 g/mol. The molecule has 0 aliphatic carbocycles. The summed E-state index contributed by atoms with van der Waals surface area (Å²) in [5, 5.41) is 2.68. The van der Waals surface area contributed by atoms with Crippen LogP contribution in [0.2, 0.25) is 0 Å². The van der Waals surface area contributed by atoms with Gasteiger partial charge in [0.2, 0.25) is 5.91 Å². The fraction of sp³-hybridized carbons (Fsp3) is 0.500. The van der Waals surface area contributed by atoms with E-state index in [9.17, 15) is 9.59 Å². The van der Waals surface area contributed by atoms with Crippen LogP contribution in [-0.2, 0) is 9.53 Å². The van der Waals surface area contributed by atoms with Crippen LogP contribution in [0.3, 0.4) is 0 Å². The molecule has 0 atom stereocenters. The average Bonchev–Trinajstić information content (AvgIpc) is 2.84. The van der Waals surface area contributed by atoms with Crippen LogP contribution in [0.4, 0.5) is 16.3 Å². The smallest absolute Gasteiger partial charge is 0.410 e. The maximum Gasteiger partial charge on any atom is 0.410 e. The monoisotopic (exact) mass is 295 g/mol. The molecular weight excluding hydrogens is 278 g/mol. The van der Waals surface area contributed by atoms with Gasteiger partial charge in [0, 0.05) is 14.1 Å². The Bertz CT molecular complexity index is 548. The van der Waals surface area contributed by atoms with Crippen LogP contribution in [0.15, 0.2) is 6.20 Å². The van der Waals surface area contributed by atoms with Crippen molar-refractivity contribution in [1.29, 1.82) is 0 Å². The molecule has 1 fully saturated rings. The van der Waals surface area contributed by atoms with Crippen molar-refractivity contribution in [1.82, 2.24) is 14.9 Å². The minimum Gasteiger partial charge on any atom is -0.467 e. The van der Waals surface area contributed by atoms with Gasteiger partial charge in [-0.15, -0.1) is 0 Å². The number of anilines is 2. The summed E-state index contributed by atoms with van der Waals surface area (Å²) < 4.78 is 9.72. The highest BCUT2D eigenvalue weighted by Crippen LogP contribution is 2.22. The van der Waals surface area contributed by atoms with E-state index in [1.807, 2.05) is 0 Å². The summed E-state index contributed by atoms with van der Waals surface area (Å²) in [6.07, 6.45) is 0.977. The molecule has 2 heterocycles. The van der Waals surface area contributed by atoms with E-state index in [4.69, 9.17) is 9.47 Å². The Morgan fingerprint density at radius 2 is 2.33 bits per heavy atom. The van der Waals surface area contributed by atoms with Gasteiger partial charge in [-0.3, -0.25) is 9.69 Å². The summed E-state index contributed by atoms with van der Waals surface area (Å²) >= 11 is 0. The highest BCUT2D eigenvalue weighted by molar-refractivity contribution is 5.96. The SMILES string of the molecule is COc1ncc(NC(=O)CN2CCOC2=O)c(N(C)C)n1. The third kappa shape index (κ3) is 3.50. The summed E-state index contributed by atoms with van der Waals surface area (Å²) in [6.45, 7) is 0.643. The number of amides is 2. The molecule has 1 aliphatic heterocycles. The van der Waals surface area contributed by atoms with Crippen LogP contribution < -0.4 is 15.0 Å². The molecule has 0 unspecified atom stereocenters. The zero-order chi connectivity index (χ0) is 15.4. The minimum absolute atomic E-state index is 0.0717. The Kier molecular flexibility index (Phi) is 4.41. The zero-order valence-electron chi connectivity index (χ0n) is 12.1. The molecule has 0 bridgehead atoms. The van der Waals surface area contributed by atoms with E-state index in [0.717, 1.165) is 0 Å². The number of aromatic nitrogens is 2. The Balaban J connectivity index is 2.07. The van der Waals surface area contributed by atoms with Gasteiger partial charge in [-0.25, -0.2) is 9.78 Å². The normalized spacial score (nSPS) is 13.9.